The van der Waals surface area contributed by atoms with Crippen molar-refractivity contribution in [3.63, 3.8) is 0 Å². The Labute approximate surface area is 91.8 Å². The quantitative estimate of drug-likeness (QED) is 0.652. The Balaban J connectivity index is 0.000000404. The van der Waals surface area contributed by atoms with Gasteiger partial charge in [-0.2, -0.15) is 0 Å². The molecule has 1 spiro atoms. The van der Waals surface area contributed by atoms with Crippen molar-refractivity contribution in [1.82, 2.24) is 4.90 Å². The monoisotopic (exact) mass is 211 g/mol. The molecule has 0 bridgehead atoms. The van der Waals surface area contributed by atoms with E-state index in [4.69, 9.17) is 4.74 Å². The van der Waals surface area contributed by atoms with E-state index in [0.29, 0.717) is 17.9 Å². The molecular formula is C12H21NO2. The number of carbonyl (C=O) groups excluding carboxylic acids is 1. The third-order valence-corrected chi connectivity index (χ3v) is 4.54. The first-order valence-electron chi connectivity index (χ1n) is 6.09. The fraction of sp³-hybridized carbons (Fsp3) is 0.917. The van der Waals surface area contributed by atoms with Crippen molar-refractivity contribution in [2.45, 2.75) is 57.7 Å². The summed E-state index contributed by atoms with van der Waals surface area (Å²) in [6, 6.07) is 1.51. The highest BCUT2D eigenvalue weighted by atomic mass is 16.5. The minimum atomic E-state index is 0.204. The Kier molecular flexibility index (Phi) is 2.75. The molecule has 4 atom stereocenters. The Morgan fingerprint density at radius 2 is 2.13 bits per heavy atom. The largest absolute Gasteiger partial charge is 0.465 e. The van der Waals surface area contributed by atoms with Gasteiger partial charge in [0.15, 0.2) is 0 Å². The van der Waals surface area contributed by atoms with Crippen LogP contribution in [0.1, 0.15) is 39.5 Å². The van der Waals surface area contributed by atoms with E-state index in [9.17, 15) is 4.79 Å². The molecule has 1 saturated heterocycles. The van der Waals surface area contributed by atoms with Gasteiger partial charge >= 0.3 is 0 Å². The molecule has 3 nitrogen and oxygen atoms in total. The molecule has 86 valence electrons. The molecular weight excluding hydrogens is 190 g/mol. The summed E-state index contributed by atoms with van der Waals surface area (Å²) in [6.07, 6.45) is 5.08. The lowest BCUT2D eigenvalue weighted by molar-refractivity contribution is -0.174. The van der Waals surface area contributed by atoms with Gasteiger partial charge in [0.25, 0.3) is 6.47 Å². The van der Waals surface area contributed by atoms with E-state index in [-0.39, 0.29) is 6.10 Å². The van der Waals surface area contributed by atoms with Crippen LogP contribution in [-0.2, 0) is 9.53 Å². The van der Waals surface area contributed by atoms with Crippen molar-refractivity contribution < 1.29 is 9.53 Å². The van der Waals surface area contributed by atoms with Crippen LogP contribution >= 0.6 is 0 Å². The zero-order valence-electron chi connectivity index (χ0n) is 9.90. The average molecular weight is 211 g/mol. The second-order valence-corrected chi connectivity index (χ2v) is 4.76. The summed E-state index contributed by atoms with van der Waals surface area (Å²) in [4.78, 5) is 12.7. The van der Waals surface area contributed by atoms with Gasteiger partial charge in [0.05, 0.1) is 0 Å². The van der Waals surface area contributed by atoms with Gasteiger partial charge in [0.2, 0.25) is 0 Å². The standard InChI is InChI=1S/C10H15NO2.C2H6/c1-11-8-2-3-10(8)5-7(13-6-12)4-9(10)11;1-2/h6-9H,2-5H2,1H3;1-2H3. The molecule has 3 rings (SSSR count). The van der Waals surface area contributed by atoms with Crippen LogP contribution in [0.25, 0.3) is 0 Å². The molecule has 0 N–H and O–H groups in total. The lowest BCUT2D eigenvalue weighted by Crippen LogP contribution is -2.73. The maximum atomic E-state index is 10.2. The molecule has 0 aromatic carbocycles. The van der Waals surface area contributed by atoms with E-state index >= 15 is 0 Å². The lowest BCUT2D eigenvalue weighted by atomic mass is 9.54. The minimum absolute atomic E-state index is 0.204. The van der Waals surface area contributed by atoms with E-state index in [1.165, 1.54) is 12.8 Å². The molecule has 0 amide bonds. The first kappa shape index (κ1) is 10.9. The molecule has 3 heteroatoms. The predicted octanol–water partition coefficient (Wildman–Crippen LogP) is 1.81. The summed E-state index contributed by atoms with van der Waals surface area (Å²) < 4.78 is 5.07. The topological polar surface area (TPSA) is 29.5 Å². The van der Waals surface area contributed by atoms with Crippen LogP contribution in [-0.4, -0.2) is 36.6 Å². The summed E-state index contributed by atoms with van der Waals surface area (Å²) in [7, 11) is 2.20. The van der Waals surface area contributed by atoms with E-state index in [1.54, 1.807) is 0 Å². The SMILES string of the molecule is CC.CN1C2CCC23CC(OC=O)CC13. The smallest absolute Gasteiger partial charge is 0.293 e. The lowest BCUT2D eigenvalue weighted by Gasteiger charge is -2.67. The van der Waals surface area contributed by atoms with Crippen molar-refractivity contribution in [2.24, 2.45) is 5.41 Å². The number of hydrogen-bond acceptors (Lipinski definition) is 3. The Morgan fingerprint density at radius 1 is 1.40 bits per heavy atom. The molecule has 15 heavy (non-hydrogen) atoms. The van der Waals surface area contributed by atoms with Gasteiger partial charge in [0, 0.05) is 23.9 Å². The van der Waals surface area contributed by atoms with Crippen LogP contribution in [0, 0.1) is 5.41 Å². The number of hydrogen-bond donors (Lipinski definition) is 0. The molecule has 0 aromatic rings. The van der Waals surface area contributed by atoms with Gasteiger partial charge in [-0.1, -0.05) is 13.8 Å². The highest BCUT2D eigenvalue weighted by Gasteiger charge is 2.68. The zero-order chi connectivity index (χ0) is 11.1. The van der Waals surface area contributed by atoms with Crippen LogP contribution in [0.3, 0.4) is 0 Å². The molecule has 1 aliphatic heterocycles. The van der Waals surface area contributed by atoms with E-state index in [2.05, 4.69) is 11.9 Å². The van der Waals surface area contributed by atoms with Gasteiger partial charge in [-0.3, -0.25) is 9.69 Å². The second kappa shape index (κ2) is 3.78. The van der Waals surface area contributed by atoms with Gasteiger partial charge < -0.3 is 4.74 Å². The summed E-state index contributed by atoms with van der Waals surface area (Å²) in [6.45, 7) is 4.61. The van der Waals surface area contributed by atoms with E-state index in [1.807, 2.05) is 13.8 Å². The van der Waals surface area contributed by atoms with Gasteiger partial charge in [-0.25, -0.2) is 0 Å². The molecule has 2 saturated carbocycles. The third-order valence-electron chi connectivity index (χ3n) is 4.54. The van der Waals surface area contributed by atoms with E-state index in [0.717, 1.165) is 18.9 Å². The summed E-state index contributed by atoms with van der Waals surface area (Å²) in [5.74, 6) is 0. The second-order valence-electron chi connectivity index (χ2n) is 4.76. The Morgan fingerprint density at radius 3 is 2.60 bits per heavy atom. The maximum absolute atomic E-state index is 10.2. The van der Waals surface area contributed by atoms with E-state index < -0.39 is 0 Å². The van der Waals surface area contributed by atoms with Crippen molar-refractivity contribution in [2.75, 3.05) is 7.05 Å². The average Bonchev–Trinajstić information content (AvgIpc) is 2.60. The predicted molar refractivity (Wildman–Crippen MR) is 58.5 cm³/mol. The number of piperidine rings is 1. The first-order valence-corrected chi connectivity index (χ1v) is 6.09. The molecule has 3 fully saturated rings. The van der Waals surface area contributed by atoms with Crippen LogP contribution in [0.5, 0.6) is 0 Å². The highest BCUT2D eigenvalue weighted by molar-refractivity contribution is 5.38. The van der Waals surface area contributed by atoms with Crippen molar-refractivity contribution in [1.29, 1.82) is 0 Å². The number of carbonyl (C=O) groups is 1. The maximum Gasteiger partial charge on any atom is 0.293 e. The molecule has 1 heterocycles. The number of ether oxygens (including phenoxy) is 1. The molecule has 0 radical (unpaired) electrons. The van der Waals surface area contributed by atoms with Gasteiger partial charge in [0.1, 0.15) is 6.10 Å². The van der Waals surface area contributed by atoms with Gasteiger partial charge in [-0.15, -0.1) is 0 Å². The van der Waals surface area contributed by atoms with Crippen LogP contribution in [0.4, 0.5) is 0 Å². The van der Waals surface area contributed by atoms with Crippen molar-refractivity contribution >= 4 is 6.47 Å². The number of likely N-dealkylation sites (tertiary alicyclic amines) is 1. The molecule has 2 aliphatic carbocycles. The highest BCUT2D eigenvalue weighted by Crippen LogP contribution is 2.64. The minimum Gasteiger partial charge on any atom is -0.465 e. The number of rotatable bonds is 2. The fourth-order valence-corrected chi connectivity index (χ4v) is 3.90. The Hall–Kier alpha value is -0.570. The summed E-state index contributed by atoms with van der Waals surface area (Å²) in [5, 5.41) is 0. The Bertz CT molecular complexity index is 256. The molecule has 4 unspecified atom stereocenters. The van der Waals surface area contributed by atoms with Crippen molar-refractivity contribution in [3.05, 3.63) is 0 Å². The van der Waals surface area contributed by atoms with Crippen LogP contribution in [0.15, 0.2) is 0 Å². The van der Waals surface area contributed by atoms with Gasteiger partial charge in [-0.05, 0) is 26.3 Å². The molecule has 0 aromatic heterocycles. The summed E-state index contributed by atoms with van der Waals surface area (Å²) >= 11 is 0. The fourth-order valence-electron chi connectivity index (χ4n) is 3.90. The number of nitrogens with zero attached hydrogens (tertiary/aromatic N) is 1. The first-order chi connectivity index (χ1) is 7.28. The zero-order valence-corrected chi connectivity index (χ0v) is 9.90. The third kappa shape index (κ3) is 1.25. The van der Waals surface area contributed by atoms with Crippen LogP contribution in [0.2, 0.25) is 0 Å². The normalized spacial score (nSPS) is 46.2. The molecule has 3 aliphatic rings. The van der Waals surface area contributed by atoms with Crippen LogP contribution < -0.4 is 0 Å². The van der Waals surface area contributed by atoms with Crippen molar-refractivity contribution in [3.8, 4) is 0 Å². The summed E-state index contributed by atoms with van der Waals surface area (Å²) in [5.41, 5.74) is 0.558.